The van der Waals surface area contributed by atoms with E-state index in [2.05, 4.69) is 48.9 Å². The summed E-state index contributed by atoms with van der Waals surface area (Å²) in [6.07, 6.45) is 6.40. The number of carbonyl (C=O) groups is 1. The number of rotatable bonds is 7. The van der Waals surface area contributed by atoms with Crippen LogP contribution >= 0.6 is 11.8 Å². The molecule has 4 rings (SSSR count). The molecule has 2 aliphatic heterocycles. The topological polar surface area (TPSA) is 70.0 Å². The van der Waals surface area contributed by atoms with Crippen LogP contribution in [0, 0.1) is 12.8 Å². The van der Waals surface area contributed by atoms with Crippen LogP contribution in [0.2, 0.25) is 0 Å². The molecule has 3 fully saturated rings. The molecule has 176 valence electrons. The van der Waals surface area contributed by atoms with Crippen molar-refractivity contribution in [1.29, 1.82) is 0 Å². The van der Waals surface area contributed by atoms with E-state index in [-0.39, 0.29) is 28.7 Å². The SMILES string of the molecule is CCN(CC)c1ccc(N2C(=NC(=O)CCC3CCCC3)S[C@H]3CS(=O)(=O)C[C@H]32)c(C)c1. The molecule has 2 atom stereocenters. The second kappa shape index (κ2) is 9.75. The third-order valence-electron chi connectivity index (χ3n) is 7.10. The van der Waals surface area contributed by atoms with Crippen molar-refractivity contribution in [2.24, 2.45) is 10.9 Å². The highest BCUT2D eigenvalue weighted by atomic mass is 32.2. The molecule has 0 spiro atoms. The predicted molar refractivity (Wildman–Crippen MR) is 135 cm³/mol. The molecular formula is C24H35N3O3S2. The number of aliphatic imine (C=N–C) groups is 1. The third kappa shape index (κ3) is 5.01. The monoisotopic (exact) mass is 477 g/mol. The molecule has 0 aromatic heterocycles. The fourth-order valence-electron chi connectivity index (χ4n) is 5.33. The van der Waals surface area contributed by atoms with Gasteiger partial charge in [-0.3, -0.25) is 4.79 Å². The Morgan fingerprint density at radius 1 is 1.19 bits per heavy atom. The molecule has 0 unspecified atom stereocenters. The van der Waals surface area contributed by atoms with Gasteiger partial charge in [0.2, 0.25) is 5.91 Å². The van der Waals surface area contributed by atoms with E-state index >= 15 is 0 Å². The Kier molecular flexibility index (Phi) is 7.20. The average molecular weight is 478 g/mol. The van der Waals surface area contributed by atoms with Gasteiger partial charge < -0.3 is 9.80 Å². The molecule has 32 heavy (non-hydrogen) atoms. The Bertz CT molecular complexity index is 982. The van der Waals surface area contributed by atoms with Crippen LogP contribution in [0.1, 0.15) is 57.9 Å². The van der Waals surface area contributed by atoms with E-state index in [4.69, 9.17) is 0 Å². The van der Waals surface area contributed by atoms with E-state index in [9.17, 15) is 13.2 Å². The van der Waals surface area contributed by atoms with Crippen LogP contribution in [0.15, 0.2) is 23.2 Å². The highest BCUT2D eigenvalue weighted by Gasteiger charge is 2.49. The van der Waals surface area contributed by atoms with Gasteiger partial charge in [-0.05, 0) is 56.9 Å². The lowest BCUT2D eigenvalue weighted by Gasteiger charge is -2.28. The van der Waals surface area contributed by atoms with E-state index in [1.807, 2.05) is 4.90 Å². The third-order valence-corrected chi connectivity index (χ3v) is 10.3. The average Bonchev–Trinajstić information content (AvgIpc) is 3.43. The molecule has 1 amide bonds. The maximum absolute atomic E-state index is 12.7. The van der Waals surface area contributed by atoms with Crippen molar-refractivity contribution in [3.63, 3.8) is 0 Å². The normalized spacial score (nSPS) is 26.1. The molecule has 1 aromatic rings. The summed E-state index contributed by atoms with van der Waals surface area (Å²) in [6, 6.07) is 6.15. The fourth-order valence-corrected chi connectivity index (χ4v) is 9.25. The second-order valence-electron chi connectivity index (χ2n) is 9.29. The number of nitrogens with zero attached hydrogens (tertiary/aromatic N) is 3. The zero-order chi connectivity index (χ0) is 22.9. The minimum Gasteiger partial charge on any atom is -0.372 e. The number of amidine groups is 1. The Morgan fingerprint density at radius 3 is 2.56 bits per heavy atom. The van der Waals surface area contributed by atoms with Gasteiger partial charge in [-0.1, -0.05) is 37.4 Å². The van der Waals surface area contributed by atoms with Gasteiger partial charge >= 0.3 is 0 Å². The van der Waals surface area contributed by atoms with Gasteiger partial charge in [-0.15, -0.1) is 0 Å². The van der Waals surface area contributed by atoms with Crippen molar-refractivity contribution in [2.75, 3.05) is 34.4 Å². The van der Waals surface area contributed by atoms with Crippen molar-refractivity contribution >= 4 is 44.0 Å². The number of amides is 1. The first-order chi connectivity index (χ1) is 15.3. The number of benzene rings is 1. The van der Waals surface area contributed by atoms with Gasteiger partial charge in [-0.2, -0.15) is 4.99 Å². The van der Waals surface area contributed by atoms with Crippen LogP contribution < -0.4 is 9.80 Å². The molecule has 0 radical (unpaired) electrons. The maximum atomic E-state index is 12.7. The molecule has 0 bridgehead atoms. The minimum atomic E-state index is -3.07. The second-order valence-corrected chi connectivity index (χ2v) is 12.7. The van der Waals surface area contributed by atoms with E-state index < -0.39 is 9.84 Å². The van der Waals surface area contributed by atoms with Crippen LogP contribution in [0.25, 0.3) is 0 Å². The predicted octanol–water partition coefficient (Wildman–Crippen LogP) is 4.41. The number of aryl methyl sites for hydroxylation is 1. The lowest BCUT2D eigenvalue weighted by molar-refractivity contribution is -0.118. The molecule has 2 heterocycles. The maximum Gasteiger partial charge on any atom is 0.248 e. The van der Waals surface area contributed by atoms with Gasteiger partial charge in [0.25, 0.3) is 0 Å². The summed E-state index contributed by atoms with van der Waals surface area (Å²) in [5.41, 5.74) is 3.19. The molecule has 1 aliphatic carbocycles. The standard InChI is InChI=1S/C24H35N3O3S2/c1-4-26(5-2)19-11-12-20(17(3)14-19)27-21-15-32(29,30)16-22(21)31-24(27)25-23(28)13-10-18-8-6-7-9-18/h11-12,14,18,21-22H,4-10,13,15-16H2,1-3H3/t21-,22+/m1/s1. The summed E-state index contributed by atoms with van der Waals surface area (Å²) >= 11 is 1.47. The number of fused-ring (bicyclic) bond motifs is 1. The smallest absolute Gasteiger partial charge is 0.248 e. The first-order valence-electron chi connectivity index (χ1n) is 11.9. The van der Waals surface area contributed by atoms with E-state index in [0.29, 0.717) is 17.5 Å². The first-order valence-corrected chi connectivity index (χ1v) is 14.6. The van der Waals surface area contributed by atoms with Crippen molar-refractivity contribution in [3.05, 3.63) is 23.8 Å². The van der Waals surface area contributed by atoms with Crippen LogP contribution in [0.5, 0.6) is 0 Å². The number of carbonyl (C=O) groups excluding carboxylic acids is 1. The number of hydrogen-bond donors (Lipinski definition) is 0. The quantitative estimate of drug-likeness (QED) is 0.579. The highest BCUT2D eigenvalue weighted by molar-refractivity contribution is 8.16. The zero-order valence-corrected chi connectivity index (χ0v) is 21.1. The van der Waals surface area contributed by atoms with E-state index in [1.54, 1.807) is 0 Å². The fraction of sp³-hybridized carbons (Fsp3) is 0.667. The molecule has 0 N–H and O–H groups in total. The summed E-state index contributed by atoms with van der Waals surface area (Å²) in [6.45, 7) is 8.20. The molecule has 2 saturated heterocycles. The number of thioether (sulfide) groups is 1. The Morgan fingerprint density at radius 2 is 1.91 bits per heavy atom. The largest absolute Gasteiger partial charge is 0.372 e. The molecule has 8 heteroatoms. The molecular weight excluding hydrogens is 442 g/mol. The summed E-state index contributed by atoms with van der Waals surface area (Å²) in [5, 5.41) is 0.605. The van der Waals surface area contributed by atoms with Gasteiger partial charge in [0.05, 0.1) is 17.5 Å². The summed E-state index contributed by atoms with van der Waals surface area (Å²) < 4.78 is 24.7. The van der Waals surface area contributed by atoms with E-state index in [0.717, 1.165) is 36.4 Å². The Hall–Kier alpha value is -1.54. The number of sulfone groups is 1. The lowest BCUT2D eigenvalue weighted by Crippen LogP contribution is -2.38. The summed E-state index contributed by atoms with van der Waals surface area (Å²) in [7, 11) is -3.07. The van der Waals surface area contributed by atoms with Gasteiger partial charge in [-0.25, -0.2) is 8.42 Å². The highest BCUT2D eigenvalue weighted by Crippen LogP contribution is 2.42. The Balaban J connectivity index is 1.60. The van der Waals surface area contributed by atoms with Gasteiger partial charge in [0.1, 0.15) is 0 Å². The van der Waals surface area contributed by atoms with Gasteiger partial charge in [0.15, 0.2) is 15.0 Å². The number of hydrogen-bond acceptors (Lipinski definition) is 5. The Labute approximate surface area is 196 Å². The zero-order valence-electron chi connectivity index (χ0n) is 19.4. The minimum absolute atomic E-state index is 0.0664. The van der Waals surface area contributed by atoms with Crippen LogP contribution in [0.3, 0.4) is 0 Å². The number of anilines is 2. The van der Waals surface area contributed by atoms with E-state index in [1.165, 1.54) is 37.4 Å². The van der Waals surface area contributed by atoms with Crippen LogP contribution in [-0.4, -0.2) is 55.4 Å². The summed E-state index contributed by atoms with van der Waals surface area (Å²) in [4.78, 5) is 21.6. The van der Waals surface area contributed by atoms with Gasteiger partial charge in [0, 0.05) is 36.1 Å². The van der Waals surface area contributed by atoms with Crippen molar-refractivity contribution < 1.29 is 13.2 Å². The summed E-state index contributed by atoms with van der Waals surface area (Å²) in [5.74, 6) is 0.859. The van der Waals surface area contributed by atoms with Crippen molar-refractivity contribution in [3.8, 4) is 0 Å². The molecule has 3 aliphatic rings. The molecule has 6 nitrogen and oxygen atoms in total. The lowest BCUT2D eigenvalue weighted by atomic mass is 10.0. The van der Waals surface area contributed by atoms with Crippen LogP contribution in [-0.2, 0) is 14.6 Å². The van der Waals surface area contributed by atoms with Crippen molar-refractivity contribution in [1.82, 2.24) is 0 Å². The van der Waals surface area contributed by atoms with Crippen molar-refractivity contribution in [2.45, 2.75) is 70.6 Å². The molecule has 1 saturated carbocycles. The molecule has 1 aromatic carbocycles. The van der Waals surface area contributed by atoms with Crippen LogP contribution in [0.4, 0.5) is 11.4 Å². The first kappa shape index (κ1) is 23.6.